The molecule has 3 rings (SSSR count). The molecule has 5 heteroatoms. The molecule has 1 saturated heterocycles. The van der Waals surface area contributed by atoms with Gasteiger partial charge in [-0.3, -0.25) is 0 Å². The molecule has 0 amide bonds. The van der Waals surface area contributed by atoms with E-state index in [9.17, 15) is 5.11 Å². The number of ether oxygens (including phenoxy) is 2. The van der Waals surface area contributed by atoms with Crippen molar-refractivity contribution in [1.82, 2.24) is 0 Å². The second-order valence-electron chi connectivity index (χ2n) is 8.82. The maximum atomic E-state index is 10.5. The fourth-order valence-electron chi connectivity index (χ4n) is 3.95. The van der Waals surface area contributed by atoms with Crippen LogP contribution in [0.5, 0.6) is 11.5 Å². The quantitative estimate of drug-likeness (QED) is 0.749. The van der Waals surface area contributed by atoms with Gasteiger partial charge in [0.15, 0.2) is 0 Å². The summed E-state index contributed by atoms with van der Waals surface area (Å²) in [6.07, 6.45) is -0.476. The highest BCUT2D eigenvalue weighted by Crippen LogP contribution is 2.31. The molecule has 29 heavy (non-hydrogen) atoms. The zero-order chi connectivity index (χ0) is 20.9. The zero-order valence-corrected chi connectivity index (χ0v) is 18.1. The summed E-state index contributed by atoms with van der Waals surface area (Å²) in [6.45, 7) is 11.5. The van der Waals surface area contributed by atoms with Gasteiger partial charge in [-0.1, -0.05) is 51.1 Å². The van der Waals surface area contributed by atoms with E-state index in [-0.39, 0.29) is 5.41 Å². The average Bonchev–Trinajstić information content (AvgIpc) is 2.72. The van der Waals surface area contributed by atoms with Gasteiger partial charge in [-0.05, 0) is 29.2 Å². The number of anilines is 1. The fraction of sp³-hybridized carbons (Fsp3) is 0.500. The van der Waals surface area contributed by atoms with Crippen molar-refractivity contribution >= 4 is 5.69 Å². The third-order valence-electron chi connectivity index (χ3n) is 5.55. The zero-order valence-electron chi connectivity index (χ0n) is 18.1. The number of nitrogens with one attached hydrogen (secondary N) is 1. The van der Waals surface area contributed by atoms with Crippen LogP contribution in [0.4, 0.5) is 5.69 Å². The molecule has 1 aliphatic rings. The molecule has 0 unspecified atom stereocenters. The topological polar surface area (TPSA) is 46.4 Å². The molecule has 0 aliphatic carbocycles. The summed E-state index contributed by atoms with van der Waals surface area (Å²) in [5, 5.41) is 10.5. The SMILES string of the molecule is COc1ccccc1N1CC[NH+](C[C@@H](O)COc2ccccc2C(C)(C)C)CC1. The minimum absolute atomic E-state index is 0.0155. The Labute approximate surface area is 174 Å². The molecule has 1 atom stereocenters. The Balaban J connectivity index is 1.49. The van der Waals surface area contributed by atoms with Crippen LogP contribution in [0.1, 0.15) is 26.3 Å². The Hall–Kier alpha value is -2.24. The maximum absolute atomic E-state index is 10.5. The van der Waals surface area contributed by atoms with Gasteiger partial charge in [-0.25, -0.2) is 0 Å². The van der Waals surface area contributed by atoms with E-state index in [0.29, 0.717) is 13.2 Å². The van der Waals surface area contributed by atoms with Gasteiger partial charge in [0.1, 0.15) is 30.8 Å². The van der Waals surface area contributed by atoms with E-state index in [1.807, 2.05) is 36.4 Å². The molecule has 158 valence electrons. The molecule has 0 saturated carbocycles. The number of hydrogen-bond donors (Lipinski definition) is 2. The smallest absolute Gasteiger partial charge is 0.142 e. The van der Waals surface area contributed by atoms with Crippen LogP contribution in [-0.4, -0.2) is 57.7 Å². The van der Waals surface area contributed by atoms with Gasteiger partial charge in [0.05, 0.1) is 39.0 Å². The monoisotopic (exact) mass is 399 g/mol. The molecule has 1 aliphatic heterocycles. The minimum Gasteiger partial charge on any atom is -0.495 e. The van der Waals surface area contributed by atoms with Crippen LogP contribution >= 0.6 is 0 Å². The lowest BCUT2D eigenvalue weighted by atomic mass is 9.86. The van der Waals surface area contributed by atoms with E-state index < -0.39 is 6.10 Å². The number of rotatable bonds is 7. The van der Waals surface area contributed by atoms with Crippen LogP contribution in [0.2, 0.25) is 0 Å². The number of aliphatic hydroxyl groups is 1. The number of para-hydroxylation sites is 3. The van der Waals surface area contributed by atoms with Gasteiger partial charge in [0, 0.05) is 0 Å². The van der Waals surface area contributed by atoms with E-state index >= 15 is 0 Å². The van der Waals surface area contributed by atoms with Gasteiger partial charge < -0.3 is 24.4 Å². The number of piperazine rings is 1. The summed E-state index contributed by atoms with van der Waals surface area (Å²) in [4.78, 5) is 3.78. The van der Waals surface area contributed by atoms with E-state index in [2.05, 4.69) is 37.8 Å². The van der Waals surface area contributed by atoms with Gasteiger partial charge in [-0.15, -0.1) is 0 Å². The first kappa shape index (κ1) is 21.5. The summed E-state index contributed by atoms with van der Waals surface area (Å²) in [7, 11) is 1.72. The lowest BCUT2D eigenvalue weighted by molar-refractivity contribution is -0.903. The highest BCUT2D eigenvalue weighted by atomic mass is 16.5. The lowest BCUT2D eigenvalue weighted by Crippen LogP contribution is -3.16. The molecule has 2 aromatic rings. The van der Waals surface area contributed by atoms with Gasteiger partial charge in [-0.2, -0.15) is 0 Å². The second kappa shape index (κ2) is 9.51. The Morgan fingerprint density at radius 2 is 1.62 bits per heavy atom. The molecule has 5 nitrogen and oxygen atoms in total. The predicted octanol–water partition coefficient (Wildman–Crippen LogP) is 2.14. The molecular formula is C24H35N2O3+. The highest BCUT2D eigenvalue weighted by Gasteiger charge is 2.25. The van der Waals surface area contributed by atoms with E-state index in [1.54, 1.807) is 7.11 Å². The molecule has 1 heterocycles. The van der Waals surface area contributed by atoms with Gasteiger partial charge in [0.2, 0.25) is 0 Å². The highest BCUT2D eigenvalue weighted by molar-refractivity contribution is 5.58. The minimum atomic E-state index is -0.476. The number of hydrogen-bond acceptors (Lipinski definition) is 4. The van der Waals surface area contributed by atoms with Crippen molar-refractivity contribution in [3.05, 3.63) is 54.1 Å². The predicted molar refractivity (Wildman–Crippen MR) is 117 cm³/mol. The number of nitrogens with zero attached hydrogens (tertiary/aromatic N) is 1. The van der Waals surface area contributed by atoms with Crippen LogP contribution < -0.4 is 19.3 Å². The van der Waals surface area contributed by atoms with Crippen LogP contribution in [-0.2, 0) is 5.41 Å². The van der Waals surface area contributed by atoms with E-state index in [0.717, 1.165) is 43.4 Å². The number of benzene rings is 2. The maximum Gasteiger partial charge on any atom is 0.142 e. The third kappa shape index (κ3) is 5.64. The Bertz CT molecular complexity index is 780. The molecule has 0 radical (unpaired) electrons. The summed E-state index contributed by atoms with van der Waals surface area (Å²) < 4.78 is 11.5. The van der Waals surface area contributed by atoms with Crippen molar-refractivity contribution in [3.63, 3.8) is 0 Å². The van der Waals surface area contributed by atoms with Crippen molar-refractivity contribution < 1.29 is 19.5 Å². The first-order valence-corrected chi connectivity index (χ1v) is 10.5. The summed E-state index contributed by atoms with van der Waals surface area (Å²) in [6, 6.07) is 16.3. The van der Waals surface area contributed by atoms with Gasteiger partial charge >= 0.3 is 0 Å². The van der Waals surface area contributed by atoms with Crippen LogP contribution in [0.3, 0.4) is 0 Å². The van der Waals surface area contributed by atoms with Crippen LogP contribution in [0, 0.1) is 0 Å². The van der Waals surface area contributed by atoms with Crippen LogP contribution in [0.25, 0.3) is 0 Å². The van der Waals surface area contributed by atoms with Crippen LogP contribution in [0.15, 0.2) is 48.5 Å². The van der Waals surface area contributed by atoms with Crippen molar-refractivity contribution in [2.24, 2.45) is 0 Å². The number of methoxy groups -OCH3 is 1. The van der Waals surface area contributed by atoms with Gasteiger partial charge in [0.25, 0.3) is 0 Å². The Morgan fingerprint density at radius 3 is 2.28 bits per heavy atom. The molecule has 0 bridgehead atoms. The first-order valence-electron chi connectivity index (χ1n) is 10.5. The number of quaternary nitrogens is 1. The van der Waals surface area contributed by atoms with Crippen molar-refractivity contribution in [2.45, 2.75) is 32.3 Å². The van der Waals surface area contributed by atoms with E-state index in [4.69, 9.17) is 9.47 Å². The largest absolute Gasteiger partial charge is 0.495 e. The standard InChI is InChI=1S/C24H34N2O3/c1-24(2,3)20-9-5-7-11-22(20)29-18-19(27)17-25-13-15-26(16-14-25)21-10-6-8-12-23(21)28-4/h5-12,19,27H,13-18H2,1-4H3/p+1/t19-/m1/s1. The average molecular weight is 400 g/mol. The lowest BCUT2D eigenvalue weighted by Gasteiger charge is -2.35. The molecule has 2 N–H and O–H groups in total. The summed E-state index contributed by atoms with van der Waals surface area (Å²) >= 11 is 0. The first-order chi connectivity index (χ1) is 13.9. The third-order valence-corrected chi connectivity index (χ3v) is 5.55. The Morgan fingerprint density at radius 1 is 1.00 bits per heavy atom. The number of aliphatic hydroxyl groups excluding tert-OH is 1. The van der Waals surface area contributed by atoms with Crippen molar-refractivity contribution in [2.75, 3.05) is 51.3 Å². The second-order valence-corrected chi connectivity index (χ2v) is 8.82. The normalized spacial score (nSPS) is 16.5. The van der Waals surface area contributed by atoms with Crippen molar-refractivity contribution in [1.29, 1.82) is 0 Å². The summed E-state index contributed by atoms with van der Waals surface area (Å²) in [5.74, 6) is 1.79. The van der Waals surface area contributed by atoms with E-state index in [1.165, 1.54) is 10.5 Å². The molecule has 2 aromatic carbocycles. The summed E-state index contributed by atoms with van der Waals surface area (Å²) in [5.41, 5.74) is 2.34. The molecular weight excluding hydrogens is 364 g/mol. The van der Waals surface area contributed by atoms with Crippen molar-refractivity contribution in [3.8, 4) is 11.5 Å². The molecule has 1 fully saturated rings. The molecule has 0 aromatic heterocycles. The Kier molecular flexibility index (Phi) is 7.04. The fourth-order valence-corrected chi connectivity index (χ4v) is 3.95. The molecule has 0 spiro atoms.